The molecule has 0 fully saturated rings. The Hall–Kier alpha value is -2.59. The Bertz CT molecular complexity index is 898. The van der Waals surface area contributed by atoms with Crippen LogP contribution in [0.3, 0.4) is 0 Å². The van der Waals surface area contributed by atoms with Gasteiger partial charge < -0.3 is 10.1 Å². The summed E-state index contributed by atoms with van der Waals surface area (Å²) in [6.45, 7) is 0.689. The molecule has 128 valence electrons. The second kappa shape index (κ2) is 7.99. The minimum atomic E-state index is -0.477. The molecule has 0 saturated carbocycles. The topological polar surface area (TPSA) is 38.3 Å². The van der Waals surface area contributed by atoms with E-state index in [-0.39, 0.29) is 12.3 Å². The normalized spacial score (nSPS) is 10.6. The largest absolute Gasteiger partial charge is 0.492 e. The molecular weight excluding hydrogens is 341 g/mol. The van der Waals surface area contributed by atoms with E-state index in [0.29, 0.717) is 23.7 Å². The SMILES string of the molecule is O=C(Cc1ccc(Cl)cc1F)NCCOc1ccc2ccccc2c1. The fraction of sp³-hybridized carbons (Fsp3) is 0.150. The van der Waals surface area contributed by atoms with E-state index in [2.05, 4.69) is 5.32 Å². The maximum atomic E-state index is 13.7. The molecule has 25 heavy (non-hydrogen) atoms. The number of amides is 1. The Morgan fingerprint density at radius 2 is 1.84 bits per heavy atom. The van der Waals surface area contributed by atoms with Crippen molar-refractivity contribution in [2.24, 2.45) is 0 Å². The lowest BCUT2D eigenvalue weighted by Crippen LogP contribution is -2.29. The van der Waals surface area contributed by atoms with Crippen LogP contribution in [0.4, 0.5) is 4.39 Å². The Morgan fingerprint density at radius 1 is 1.04 bits per heavy atom. The van der Waals surface area contributed by atoms with E-state index >= 15 is 0 Å². The quantitative estimate of drug-likeness (QED) is 0.665. The van der Waals surface area contributed by atoms with Gasteiger partial charge in [0.15, 0.2) is 0 Å². The fourth-order valence-corrected chi connectivity index (χ4v) is 2.68. The van der Waals surface area contributed by atoms with E-state index in [0.717, 1.165) is 16.5 Å². The van der Waals surface area contributed by atoms with Crippen molar-refractivity contribution in [2.45, 2.75) is 6.42 Å². The third-order valence-electron chi connectivity index (χ3n) is 3.78. The van der Waals surface area contributed by atoms with Crippen LogP contribution >= 0.6 is 11.6 Å². The molecule has 3 nitrogen and oxygen atoms in total. The zero-order valence-corrected chi connectivity index (χ0v) is 14.2. The maximum absolute atomic E-state index is 13.7. The predicted molar refractivity (Wildman–Crippen MR) is 97.6 cm³/mol. The molecule has 0 spiro atoms. The van der Waals surface area contributed by atoms with Gasteiger partial charge in [0.1, 0.15) is 18.2 Å². The van der Waals surface area contributed by atoms with Crippen LogP contribution in [0.1, 0.15) is 5.56 Å². The first kappa shape index (κ1) is 17.2. The van der Waals surface area contributed by atoms with Gasteiger partial charge in [0.25, 0.3) is 0 Å². The molecule has 3 rings (SSSR count). The van der Waals surface area contributed by atoms with Gasteiger partial charge in [0.2, 0.25) is 5.91 Å². The Labute approximate surface area is 150 Å². The molecule has 0 bridgehead atoms. The average Bonchev–Trinajstić information content (AvgIpc) is 2.61. The lowest BCUT2D eigenvalue weighted by molar-refractivity contribution is -0.120. The predicted octanol–water partition coefficient (Wildman–Crippen LogP) is 4.37. The zero-order valence-electron chi connectivity index (χ0n) is 13.5. The van der Waals surface area contributed by atoms with E-state index in [1.807, 2.05) is 42.5 Å². The highest BCUT2D eigenvalue weighted by atomic mass is 35.5. The number of hydrogen-bond acceptors (Lipinski definition) is 2. The highest BCUT2D eigenvalue weighted by Crippen LogP contribution is 2.20. The van der Waals surface area contributed by atoms with Crippen LogP contribution < -0.4 is 10.1 Å². The summed E-state index contributed by atoms with van der Waals surface area (Å²) >= 11 is 5.69. The van der Waals surface area contributed by atoms with Crippen LogP contribution in [0, 0.1) is 5.82 Å². The van der Waals surface area contributed by atoms with Crippen molar-refractivity contribution in [3.63, 3.8) is 0 Å². The molecule has 0 unspecified atom stereocenters. The number of halogens is 2. The van der Waals surface area contributed by atoms with Crippen LogP contribution in [0.5, 0.6) is 5.75 Å². The molecule has 1 N–H and O–H groups in total. The first-order valence-corrected chi connectivity index (χ1v) is 8.32. The van der Waals surface area contributed by atoms with Crippen molar-refractivity contribution in [2.75, 3.05) is 13.2 Å². The van der Waals surface area contributed by atoms with E-state index in [4.69, 9.17) is 16.3 Å². The third-order valence-corrected chi connectivity index (χ3v) is 4.02. The molecule has 3 aromatic carbocycles. The van der Waals surface area contributed by atoms with Crippen LogP contribution in [-0.2, 0) is 11.2 Å². The summed E-state index contributed by atoms with van der Waals surface area (Å²) in [6, 6.07) is 18.1. The molecule has 0 aliphatic rings. The van der Waals surface area contributed by atoms with Crippen LogP contribution in [0.2, 0.25) is 5.02 Å². The summed E-state index contributed by atoms with van der Waals surface area (Å²) in [5, 5.41) is 5.27. The highest BCUT2D eigenvalue weighted by molar-refractivity contribution is 6.30. The number of rotatable bonds is 6. The third kappa shape index (κ3) is 4.70. The van der Waals surface area contributed by atoms with Crippen molar-refractivity contribution < 1.29 is 13.9 Å². The van der Waals surface area contributed by atoms with Gasteiger partial charge in [-0.1, -0.05) is 48.0 Å². The Kier molecular flexibility index (Phi) is 5.51. The number of carbonyl (C=O) groups excluding carboxylic acids is 1. The highest BCUT2D eigenvalue weighted by Gasteiger charge is 2.08. The molecule has 0 aromatic heterocycles. The summed E-state index contributed by atoms with van der Waals surface area (Å²) in [4.78, 5) is 11.9. The molecule has 0 aliphatic carbocycles. The van der Waals surface area contributed by atoms with Gasteiger partial charge in [-0.15, -0.1) is 0 Å². The lowest BCUT2D eigenvalue weighted by atomic mass is 10.1. The molecule has 1 amide bonds. The molecule has 0 atom stereocenters. The molecular formula is C20H17ClFNO2. The second-order valence-electron chi connectivity index (χ2n) is 5.62. The van der Waals surface area contributed by atoms with Crippen molar-refractivity contribution in [1.82, 2.24) is 5.32 Å². The average molecular weight is 358 g/mol. The van der Waals surface area contributed by atoms with Gasteiger partial charge in [-0.3, -0.25) is 4.79 Å². The Morgan fingerprint density at radius 3 is 2.64 bits per heavy atom. The van der Waals surface area contributed by atoms with E-state index in [1.165, 1.54) is 12.1 Å². The summed E-state index contributed by atoms with van der Waals surface area (Å²) in [5.74, 6) is 0.00934. The summed E-state index contributed by atoms with van der Waals surface area (Å²) in [7, 11) is 0. The van der Waals surface area contributed by atoms with E-state index in [1.54, 1.807) is 6.07 Å². The summed E-state index contributed by atoms with van der Waals surface area (Å²) in [6.07, 6.45) is -0.0288. The first-order chi connectivity index (χ1) is 12.1. The molecule has 0 heterocycles. The number of ether oxygens (including phenoxy) is 1. The number of benzene rings is 3. The second-order valence-corrected chi connectivity index (χ2v) is 6.06. The standard InChI is InChI=1S/C20H17ClFNO2/c21-17-7-5-16(19(22)13-17)12-20(24)23-9-10-25-18-8-6-14-3-1-2-4-15(14)11-18/h1-8,11,13H,9-10,12H2,(H,23,24). The number of nitrogens with one attached hydrogen (secondary N) is 1. The van der Waals surface area contributed by atoms with E-state index in [9.17, 15) is 9.18 Å². The molecule has 3 aromatic rings. The summed E-state index contributed by atoms with van der Waals surface area (Å²) in [5.41, 5.74) is 0.317. The summed E-state index contributed by atoms with van der Waals surface area (Å²) < 4.78 is 19.3. The smallest absolute Gasteiger partial charge is 0.224 e. The fourth-order valence-electron chi connectivity index (χ4n) is 2.52. The van der Waals surface area contributed by atoms with Crippen molar-refractivity contribution >= 4 is 28.3 Å². The molecule has 0 saturated heterocycles. The van der Waals surface area contributed by atoms with Crippen molar-refractivity contribution in [1.29, 1.82) is 0 Å². The van der Waals surface area contributed by atoms with Gasteiger partial charge in [0, 0.05) is 5.02 Å². The minimum absolute atomic E-state index is 0.0288. The van der Waals surface area contributed by atoms with Gasteiger partial charge in [-0.2, -0.15) is 0 Å². The number of fused-ring (bicyclic) bond motifs is 1. The first-order valence-electron chi connectivity index (χ1n) is 7.94. The van der Waals surface area contributed by atoms with Gasteiger partial charge >= 0.3 is 0 Å². The van der Waals surface area contributed by atoms with Crippen LogP contribution in [0.25, 0.3) is 10.8 Å². The Balaban J connectivity index is 1.46. The number of hydrogen-bond donors (Lipinski definition) is 1. The van der Waals surface area contributed by atoms with Crippen LogP contribution in [0.15, 0.2) is 60.7 Å². The molecule has 0 radical (unpaired) electrons. The minimum Gasteiger partial charge on any atom is -0.492 e. The lowest BCUT2D eigenvalue weighted by Gasteiger charge is -2.09. The van der Waals surface area contributed by atoms with Crippen molar-refractivity contribution in [3.8, 4) is 5.75 Å². The zero-order chi connectivity index (χ0) is 17.6. The van der Waals surface area contributed by atoms with Crippen molar-refractivity contribution in [3.05, 3.63) is 77.1 Å². The number of carbonyl (C=O) groups is 1. The maximum Gasteiger partial charge on any atom is 0.224 e. The monoisotopic (exact) mass is 357 g/mol. The molecule has 0 aliphatic heterocycles. The van der Waals surface area contributed by atoms with Crippen LogP contribution in [-0.4, -0.2) is 19.1 Å². The van der Waals surface area contributed by atoms with Gasteiger partial charge in [-0.05, 0) is 40.6 Å². The van der Waals surface area contributed by atoms with Gasteiger partial charge in [0.05, 0.1) is 13.0 Å². The van der Waals surface area contributed by atoms with Gasteiger partial charge in [-0.25, -0.2) is 4.39 Å². The van der Waals surface area contributed by atoms with E-state index < -0.39 is 5.82 Å². The molecule has 5 heteroatoms.